The van der Waals surface area contributed by atoms with Crippen LogP contribution in [0.1, 0.15) is 17.3 Å². The molecule has 0 saturated heterocycles. The van der Waals surface area contributed by atoms with Crippen molar-refractivity contribution in [3.63, 3.8) is 0 Å². The summed E-state index contributed by atoms with van der Waals surface area (Å²) in [7, 11) is 0. The average molecular weight is 198 g/mol. The molecule has 1 aromatic carbocycles. The van der Waals surface area contributed by atoms with Gasteiger partial charge in [0.2, 0.25) is 5.91 Å². The maximum absolute atomic E-state index is 10.7. The van der Waals surface area contributed by atoms with Gasteiger partial charge in [-0.05, 0) is 12.1 Å². The predicted molar refractivity (Wildman–Crippen MR) is 51.1 cm³/mol. The summed E-state index contributed by atoms with van der Waals surface area (Å²) >= 11 is 5.77. The number of carbonyl (C=O) groups excluding carboxylic acids is 2. The van der Waals surface area contributed by atoms with Crippen molar-refractivity contribution in [2.45, 2.75) is 6.92 Å². The number of amides is 1. The number of rotatable bonds is 2. The molecule has 0 atom stereocenters. The molecule has 0 aromatic heterocycles. The molecule has 1 N–H and O–H groups in total. The van der Waals surface area contributed by atoms with Crippen molar-refractivity contribution in [1.82, 2.24) is 0 Å². The van der Waals surface area contributed by atoms with Crippen LogP contribution in [0.4, 0.5) is 5.69 Å². The molecule has 1 amide bonds. The van der Waals surface area contributed by atoms with Crippen LogP contribution in [0, 0.1) is 0 Å². The second-order valence-electron chi connectivity index (χ2n) is 2.54. The summed E-state index contributed by atoms with van der Waals surface area (Å²) in [6.07, 6.45) is 0.696. The molecule has 4 heteroatoms. The molecule has 0 radical (unpaired) electrons. The number of anilines is 1. The van der Waals surface area contributed by atoms with E-state index in [2.05, 4.69) is 5.32 Å². The lowest BCUT2D eigenvalue weighted by atomic mass is 10.2. The first-order valence-electron chi connectivity index (χ1n) is 3.66. The molecule has 13 heavy (non-hydrogen) atoms. The zero-order valence-corrected chi connectivity index (χ0v) is 7.76. The van der Waals surface area contributed by atoms with Gasteiger partial charge in [-0.1, -0.05) is 17.7 Å². The summed E-state index contributed by atoms with van der Waals surface area (Å²) in [5.41, 5.74) is 0.937. The van der Waals surface area contributed by atoms with Gasteiger partial charge in [0.05, 0.1) is 10.7 Å². The third-order valence-corrected chi connectivity index (χ3v) is 1.77. The van der Waals surface area contributed by atoms with E-state index in [0.717, 1.165) is 0 Å². The number of aldehydes is 1. The second-order valence-corrected chi connectivity index (χ2v) is 2.95. The predicted octanol–water partition coefficient (Wildman–Crippen LogP) is 2.11. The fraction of sp³-hybridized carbons (Fsp3) is 0.111. The lowest BCUT2D eigenvalue weighted by Crippen LogP contribution is -2.06. The molecule has 0 saturated carbocycles. The number of carbonyl (C=O) groups is 2. The highest BCUT2D eigenvalue weighted by atomic mass is 35.5. The van der Waals surface area contributed by atoms with Crippen molar-refractivity contribution < 1.29 is 9.59 Å². The molecule has 0 aliphatic rings. The van der Waals surface area contributed by atoms with Crippen molar-refractivity contribution in [2.24, 2.45) is 0 Å². The minimum atomic E-state index is -0.218. The minimum Gasteiger partial charge on any atom is -0.325 e. The van der Waals surface area contributed by atoms with Crippen LogP contribution in [0.3, 0.4) is 0 Å². The Labute approximate surface area is 80.7 Å². The number of hydrogen-bond donors (Lipinski definition) is 1. The fourth-order valence-electron chi connectivity index (χ4n) is 0.902. The lowest BCUT2D eigenvalue weighted by molar-refractivity contribution is -0.114. The molecule has 0 aliphatic heterocycles. The third-order valence-electron chi connectivity index (χ3n) is 1.44. The Bertz CT molecular complexity index is 349. The largest absolute Gasteiger partial charge is 0.325 e. The average Bonchev–Trinajstić information content (AvgIpc) is 2.08. The van der Waals surface area contributed by atoms with E-state index in [1.807, 2.05) is 0 Å². The second kappa shape index (κ2) is 4.05. The SMILES string of the molecule is CC(=O)Nc1cc(C=O)ccc1Cl. The summed E-state index contributed by atoms with van der Waals surface area (Å²) in [6, 6.07) is 4.67. The number of benzene rings is 1. The molecule has 0 spiro atoms. The van der Waals surface area contributed by atoms with Crippen LogP contribution >= 0.6 is 11.6 Å². The first-order valence-corrected chi connectivity index (χ1v) is 4.03. The Kier molecular flexibility index (Phi) is 3.03. The molecule has 0 heterocycles. The normalized spacial score (nSPS) is 9.38. The molecule has 0 bridgehead atoms. The van der Waals surface area contributed by atoms with Crippen LogP contribution in [0.25, 0.3) is 0 Å². The Hall–Kier alpha value is -1.35. The van der Waals surface area contributed by atoms with Gasteiger partial charge >= 0.3 is 0 Å². The molecule has 1 aromatic rings. The van der Waals surface area contributed by atoms with E-state index in [0.29, 0.717) is 22.6 Å². The van der Waals surface area contributed by atoms with Gasteiger partial charge in [0.15, 0.2) is 0 Å². The van der Waals surface area contributed by atoms with Crippen LogP contribution in [-0.4, -0.2) is 12.2 Å². The Morgan fingerprint density at radius 2 is 2.23 bits per heavy atom. The highest BCUT2D eigenvalue weighted by molar-refractivity contribution is 6.33. The molecule has 3 nitrogen and oxygen atoms in total. The van der Waals surface area contributed by atoms with Gasteiger partial charge in [-0.3, -0.25) is 9.59 Å². The van der Waals surface area contributed by atoms with Crippen LogP contribution in [-0.2, 0) is 4.79 Å². The first-order chi connectivity index (χ1) is 6.13. The van der Waals surface area contributed by atoms with Gasteiger partial charge < -0.3 is 5.32 Å². The Morgan fingerprint density at radius 3 is 2.77 bits per heavy atom. The number of halogens is 1. The maximum atomic E-state index is 10.7. The fourth-order valence-corrected chi connectivity index (χ4v) is 1.07. The van der Waals surface area contributed by atoms with Crippen LogP contribution in [0.5, 0.6) is 0 Å². The minimum absolute atomic E-state index is 0.218. The van der Waals surface area contributed by atoms with E-state index in [4.69, 9.17) is 11.6 Å². The Morgan fingerprint density at radius 1 is 1.54 bits per heavy atom. The molecule has 0 aliphatic carbocycles. The van der Waals surface area contributed by atoms with Crippen molar-refractivity contribution in [3.05, 3.63) is 28.8 Å². The molecule has 0 fully saturated rings. The molecule has 0 unspecified atom stereocenters. The van der Waals surface area contributed by atoms with E-state index in [9.17, 15) is 9.59 Å². The quantitative estimate of drug-likeness (QED) is 0.739. The van der Waals surface area contributed by atoms with Crippen LogP contribution < -0.4 is 5.32 Å². The highest BCUT2D eigenvalue weighted by Crippen LogP contribution is 2.22. The summed E-state index contributed by atoms with van der Waals surface area (Å²) in [5.74, 6) is -0.218. The molecular weight excluding hydrogens is 190 g/mol. The van der Waals surface area contributed by atoms with Crippen LogP contribution in [0.2, 0.25) is 5.02 Å². The van der Waals surface area contributed by atoms with Crippen molar-refractivity contribution in [1.29, 1.82) is 0 Å². The van der Waals surface area contributed by atoms with Crippen molar-refractivity contribution in [2.75, 3.05) is 5.32 Å². The van der Waals surface area contributed by atoms with Crippen molar-refractivity contribution in [3.8, 4) is 0 Å². The zero-order chi connectivity index (χ0) is 9.84. The number of hydrogen-bond acceptors (Lipinski definition) is 2. The third kappa shape index (κ3) is 2.56. The zero-order valence-electron chi connectivity index (χ0n) is 7.00. The first kappa shape index (κ1) is 9.74. The van der Waals surface area contributed by atoms with Gasteiger partial charge in [0.1, 0.15) is 6.29 Å². The molecule has 1 rings (SSSR count). The summed E-state index contributed by atoms with van der Waals surface area (Å²) < 4.78 is 0. The molecule has 68 valence electrons. The highest BCUT2D eigenvalue weighted by Gasteiger charge is 2.02. The van der Waals surface area contributed by atoms with E-state index in [1.54, 1.807) is 12.1 Å². The Balaban J connectivity index is 3.03. The summed E-state index contributed by atoms with van der Waals surface area (Å²) in [5, 5.41) is 2.94. The van der Waals surface area contributed by atoms with Gasteiger partial charge in [0.25, 0.3) is 0 Å². The van der Waals surface area contributed by atoms with Gasteiger partial charge in [-0.15, -0.1) is 0 Å². The van der Waals surface area contributed by atoms with Gasteiger partial charge in [-0.2, -0.15) is 0 Å². The van der Waals surface area contributed by atoms with Crippen LogP contribution in [0.15, 0.2) is 18.2 Å². The maximum Gasteiger partial charge on any atom is 0.221 e. The van der Waals surface area contributed by atoms with Crippen molar-refractivity contribution >= 4 is 29.5 Å². The van der Waals surface area contributed by atoms with Gasteiger partial charge in [-0.25, -0.2) is 0 Å². The number of nitrogens with one attached hydrogen (secondary N) is 1. The molecular formula is C9H8ClNO2. The van der Waals surface area contributed by atoms with E-state index >= 15 is 0 Å². The van der Waals surface area contributed by atoms with E-state index in [-0.39, 0.29) is 5.91 Å². The topological polar surface area (TPSA) is 46.2 Å². The standard InChI is InChI=1S/C9H8ClNO2/c1-6(13)11-9-4-7(5-12)2-3-8(9)10/h2-5H,1H3,(H,11,13). The van der Waals surface area contributed by atoms with Gasteiger partial charge in [0, 0.05) is 12.5 Å². The summed E-state index contributed by atoms with van der Waals surface area (Å²) in [6.45, 7) is 1.38. The summed E-state index contributed by atoms with van der Waals surface area (Å²) in [4.78, 5) is 21.1. The smallest absolute Gasteiger partial charge is 0.221 e. The monoisotopic (exact) mass is 197 g/mol. The van der Waals surface area contributed by atoms with E-state index in [1.165, 1.54) is 13.0 Å². The lowest BCUT2D eigenvalue weighted by Gasteiger charge is -2.04. The van der Waals surface area contributed by atoms with E-state index < -0.39 is 0 Å².